The Kier molecular flexibility index (Phi) is 1.29. The topological polar surface area (TPSA) is 29.1 Å². The molecule has 0 bridgehead atoms. The van der Waals surface area contributed by atoms with Crippen molar-refractivity contribution in [2.75, 3.05) is 0 Å². The highest BCUT2D eigenvalue weighted by molar-refractivity contribution is 5.80. The Morgan fingerprint density at radius 1 is 1.23 bits per heavy atom. The SMILES string of the molecule is O=C1C[C@H]2Cc3ccccc3[C@H]2N1. The average Bonchev–Trinajstić information content (AvgIpc) is 2.60. The number of hydrogen-bond donors (Lipinski definition) is 1. The van der Waals surface area contributed by atoms with Crippen LogP contribution in [0, 0.1) is 5.92 Å². The van der Waals surface area contributed by atoms with Crippen molar-refractivity contribution in [3.8, 4) is 0 Å². The molecule has 2 nitrogen and oxygen atoms in total. The second-order valence-electron chi connectivity index (χ2n) is 3.91. The lowest BCUT2D eigenvalue weighted by atomic mass is 10.0. The van der Waals surface area contributed by atoms with E-state index in [9.17, 15) is 4.79 Å². The molecule has 1 N–H and O–H groups in total. The summed E-state index contributed by atoms with van der Waals surface area (Å²) in [5.74, 6) is 0.731. The standard InChI is InChI=1S/C11H11NO/c13-10-6-8-5-7-3-1-2-4-9(7)11(8)12-10/h1-4,8,11H,5-6H2,(H,12,13)/t8-,11+/m1/s1. The van der Waals surface area contributed by atoms with Crippen LogP contribution in [-0.4, -0.2) is 5.91 Å². The van der Waals surface area contributed by atoms with Gasteiger partial charge in [-0.15, -0.1) is 0 Å². The molecule has 1 aliphatic carbocycles. The zero-order chi connectivity index (χ0) is 8.84. The number of amides is 1. The van der Waals surface area contributed by atoms with Crippen LogP contribution in [0.3, 0.4) is 0 Å². The zero-order valence-electron chi connectivity index (χ0n) is 7.29. The van der Waals surface area contributed by atoms with E-state index in [1.807, 2.05) is 6.07 Å². The maximum absolute atomic E-state index is 11.2. The van der Waals surface area contributed by atoms with Gasteiger partial charge in [-0.2, -0.15) is 0 Å². The molecular weight excluding hydrogens is 162 g/mol. The third-order valence-corrected chi connectivity index (χ3v) is 3.11. The van der Waals surface area contributed by atoms with Gasteiger partial charge in [-0.3, -0.25) is 4.79 Å². The molecule has 1 saturated heterocycles. The molecule has 2 aliphatic rings. The van der Waals surface area contributed by atoms with E-state index in [2.05, 4.69) is 23.5 Å². The summed E-state index contributed by atoms with van der Waals surface area (Å²) in [6.45, 7) is 0. The molecule has 1 fully saturated rings. The fraction of sp³-hybridized carbons (Fsp3) is 0.364. The number of benzene rings is 1. The molecule has 2 heteroatoms. The molecule has 1 aliphatic heterocycles. The van der Waals surface area contributed by atoms with Crippen molar-refractivity contribution in [3.05, 3.63) is 35.4 Å². The van der Waals surface area contributed by atoms with E-state index in [0.717, 1.165) is 6.42 Å². The van der Waals surface area contributed by atoms with Crippen LogP contribution in [0.2, 0.25) is 0 Å². The lowest BCUT2D eigenvalue weighted by Crippen LogP contribution is -2.18. The minimum absolute atomic E-state index is 0.213. The van der Waals surface area contributed by atoms with Crippen LogP contribution >= 0.6 is 0 Å². The molecule has 0 unspecified atom stereocenters. The highest BCUT2D eigenvalue weighted by Gasteiger charge is 2.39. The van der Waals surface area contributed by atoms with E-state index in [4.69, 9.17) is 0 Å². The predicted octanol–water partition coefficient (Wildman–Crippen LogP) is 1.42. The van der Waals surface area contributed by atoms with Gasteiger partial charge in [0.1, 0.15) is 0 Å². The summed E-state index contributed by atoms with van der Waals surface area (Å²) in [7, 11) is 0. The molecule has 1 aromatic rings. The molecule has 0 radical (unpaired) electrons. The Bertz CT molecular complexity index is 372. The van der Waals surface area contributed by atoms with Crippen molar-refractivity contribution in [2.24, 2.45) is 5.92 Å². The van der Waals surface area contributed by atoms with Gasteiger partial charge in [-0.25, -0.2) is 0 Å². The Balaban J connectivity index is 2.06. The molecule has 0 saturated carbocycles. The van der Waals surface area contributed by atoms with Gasteiger partial charge in [0.25, 0.3) is 0 Å². The number of rotatable bonds is 0. The fourth-order valence-corrected chi connectivity index (χ4v) is 2.53. The molecule has 0 spiro atoms. The van der Waals surface area contributed by atoms with E-state index < -0.39 is 0 Å². The predicted molar refractivity (Wildman–Crippen MR) is 49.1 cm³/mol. The van der Waals surface area contributed by atoms with Crippen LogP contribution in [0.25, 0.3) is 0 Å². The third kappa shape index (κ3) is 0.916. The Labute approximate surface area is 77.0 Å². The smallest absolute Gasteiger partial charge is 0.220 e. The van der Waals surface area contributed by atoms with Gasteiger partial charge in [0.05, 0.1) is 6.04 Å². The quantitative estimate of drug-likeness (QED) is 0.631. The summed E-state index contributed by atoms with van der Waals surface area (Å²) in [5.41, 5.74) is 2.75. The van der Waals surface area contributed by atoms with Gasteiger partial charge in [-0.05, 0) is 23.5 Å². The van der Waals surface area contributed by atoms with Crippen molar-refractivity contribution in [2.45, 2.75) is 18.9 Å². The lowest BCUT2D eigenvalue weighted by molar-refractivity contribution is -0.119. The maximum atomic E-state index is 11.2. The number of carbonyl (C=O) groups excluding carboxylic acids is 1. The van der Waals surface area contributed by atoms with Gasteiger partial charge in [0.15, 0.2) is 0 Å². The highest BCUT2D eigenvalue weighted by atomic mass is 16.2. The monoisotopic (exact) mass is 173 g/mol. The average molecular weight is 173 g/mol. The van der Waals surface area contributed by atoms with Gasteiger partial charge >= 0.3 is 0 Å². The first-order valence-electron chi connectivity index (χ1n) is 4.72. The third-order valence-electron chi connectivity index (χ3n) is 3.11. The van der Waals surface area contributed by atoms with E-state index in [1.54, 1.807) is 0 Å². The first-order chi connectivity index (χ1) is 6.34. The molecule has 13 heavy (non-hydrogen) atoms. The van der Waals surface area contributed by atoms with Crippen LogP contribution in [0.1, 0.15) is 23.6 Å². The summed E-state index contributed by atoms with van der Waals surface area (Å²) in [6, 6.07) is 8.72. The van der Waals surface area contributed by atoms with Gasteiger partial charge in [0, 0.05) is 6.42 Å². The summed E-state index contributed by atoms with van der Waals surface area (Å²) in [6.07, 6.45) is 1.78. The highest BCUT2D eigenvalue weighted by Crippen LogP contribution is 2.40. The maximum Gasteiger partial charge on any atom is 0.220 e. The van der Waals surface area contributed by atoms with E-state index >= 15 is 0 Å². The summed E-state index contributed by atoms with van der Waals surface area (Å²) < 4.78 is 0. The van der Waals surface area contributed by atoms with Crippen molar-refractivity contribution >= 4 is 5.91 Å². The molecule has 1 aromatic carbocycles. The van der Waals surface area contributed by atoms with Crippen molar-refractivity contribution < 1.29 is 4.79 Å². The van der Waals surface area contributed by atoms with Crippen molar-refractivity contribution in [3.63, 3.8) is 0 Å². The second-order valence-corrected chi connectivity index (χ2v) is 3.91. The van der Waals surface area contributed by atoms with Gasteiger partial charge < -0.3 is 5.32 Å². The van der Waals surface area contributed by atoms with Crippen LogP contribution in [0.5, 0.6) is 0 Å². The van der Waals surface area contributed by atoms with Crippen LogP contribution in [0.4, 0.5) is 0 Å². The second kappa shape index (κ2) is 2.34. The molecule has 2 atom stereocenters. The zero-order valence-corrected chi connectivity index (χ0v) is 7.29. The Hall–Kier alpha value is -1.31. The number of fused-ring (bicyclic) bond motifs is 3. The first-order valence-corrected chi connectivity index (χ1v) is 4.72. The molecule has 3 rings (SSSR count). The van der Waals surface area contributed by atoms with E-state index in [0.29, 0.717) is 18.4 Å². The van der Waals surface area contributed by atoms with Gasteiger partial charge in [-0.1, -0.05) is 24.3 Å². The fourth-order valence-electron chi connectivity index (χ4n) is 2.53. The van der Waals surface area contributed by atoms with E-state index in [1.165, 1.54) is 11.1 Å². The van der Waals surface area contributed by atoms with Crippen LogP contribution in [-0.2, 0) is 11.2 Å². The Morgan fingerprint density at radius 2 is 2.08 bits per heavy atom. The lowest BCUT2D eigenvalue weighted by Gasteiger charge is -2.08. The minimum Gasteiger partial charge on any atom is -0.349 e. The minimum atomic E-state index is 0.213. The van der Waals surface area contributed by atoms with Crippen LogP contribution in [0.15, 0.2) is 24.3 Å². The molecule has 1 amide bonds. The molecule has 1 heterocycles. The van der Waals surface area contributed by atoms with Crippen molar-refractivity contribution in [1.29, 1.82) is 0 Å². The normalized spacial score (nSPS) is 29.7. The number of hydrogen-bond acceptors (Lipinski definition) is 1. The van der Waals surface area contributed by atoms with Crippen LogP contribution < -0.4 is 5.32 Å². The summed E-state index contributed by atoms with van der Waals surface area (Å²) in [5, 5.41) is 3.03. The molecule has 66 valence electrons. The Morgan fingerprint density at radius 3 is 3.00 bits per heavy atom. The number of nitrogens with one attached hydrogen (secondary N) is 1. The summed E-state index contributed by atoms with van der Waals surface area (Å²) in [4.78, 5) is 11.2. The van der Waals surface area contributed by atoms with Gasteiger partial charge in [0.2, 0.25) is 5.91 Å². The summed E-state index contributed by atoms with van der Waals surface area (Å²) >= 11 is 0. The van der Waals surface area contributed by atoms with Crippen molar-refractivity contribution in [1.82, 2.24) is 5.32 Å². The first kappa shape index (κ1) is 7.13. The van der Waals surface area contributed by atoms with E-state index in [-0.39, 0.29) is 5.91 Å². The molecule has 0 aromatic heterocycles. The number of carbonyl (C=O) groups is 1. The molecular formula is C11H11NO. The largest absolute Gasteiger partial charge is 0.349 e.